The van der Waals surface area contributed by atoms with Gasteiger partial charge in [-0.05, 0) is 12.3 Å². The number of amides is 1. The molecule has 0 aromatic rings. The second-order valence-corrected chi connectivity index (χ2v) is 6.96. The Morgan fingerprint density at radius 1 is 1.61 bits per heavy atom. The van der Waals surface area contributed by atoms with Crippen LogP contribution in [0.15, 0.2) is 32.4 Å². The van der Waals surface area contributed by atoms with Crippen LogP contribution in [-0.2, 0) is 4.79 Å². The highest BCUT2D eigenvalue weighted by atomic mass is 32.2. The zero-order valence-electron chi connectivity index (χ0n) is 10.0. The normalized spacial score (nSPS) is 24.0. The van der Waals surface area contributed by atoms with Crippen LogP contribution < -0.4 is 0 Å². The van der Waals surface area contributed by atoms with Crippen molar-refractivity contribution in [1.29, 1.82) is 0 Å². The number of nitrogens with zero attached hydrogens (tertiary/aromatic N) is 2. The molecule has 18 heavy (non-hydrogen) atoms. The Labute approximate surface area is 125 Å². The first-order valence-electron chi connectivity index (χ1n) is 5.26. The number of hydrogen-bond donors (Lipinski definition) is 0. The lowest BCUT2D eigenvalue weighted by Gasteiger charge is -2.20. The number of hydrogen-bond acceptors (Lipinski definition) is 6. The molecule has 3 nitrogen and oxygen atoms in total. The van der Waals surface area contributed by atoms with Crippen molar-refractivity contribution >= 4 is 57.7 Å². The molecule has 0 atom stereocenters. The number of likely N-dealkylation sites (N-methyl/N-ethyl adjacent to an activating group) is 1. The summed E-state index contributed by atoms with van der Waals surface area (Å²) in [6.45, 7) is 6.61. The number of thiocarbonyl (C=S) groups is 1. The average molecular weight is 316 g/mol. The van der Waals surface area contributed by atoms with Gasteiger partial charge < -0.3 is 4.90 Å². The van der Waals surface area contributed by atoms with Gasteiger partial charge in [0.2, 0.25) is 0 Å². The second kappa shape index (κ2) is 5.73. The number of carbonyl (C=O) groups excluding carboxylic acids is 1. The maximum Gasteiger partial charge on any atom is 0.268 e. The number of thioether (sulfide) groups is 3. The lowest BCUT2D eigenvalue weighted by atomic mass is 10.5. The molecule has 0 bridgehead atoms. The first-order chi connectivity index (χ1) is 8.60. The van der Waals surface area contributed by atoms with Gasteiger partial charge in [-0.15, -0.1) is 0 Å². The Hall–Kier alpha value is -0.370. The van der Waals surface area contributed by atoms with E-state index in [1.807, 2.05) is 5.41 Å². The minimum Gasteiger partial charge on any atom is -0.329 e. The summed E-state index contributed by atoms with van der Waals surface area (Å²) in [5.74, 6) is -0.01000. The van der Waals surface area contributed by atoms with E-state index in [1.165, 1.54) is 16.7 Å². The number of rotatable bonds is 3. The average Bonchev–Trinajstić information content (AvgIpc) is 2.86. The summed E-state index contributed by atoms with van der Waals surface area (Å²) >= 11 is 9.67. The summed E-state index contributed by atoms with van der Waals surface area (Å²) < 4.78 is 0.615. The van der Waals surface area contributed by atoms with E-state index >= 15 is 0 Å². The van der Waals surface area contributed by atoms with Crippen molar-refractivity contribution < 1.29 is 4.79 Å². The van der Waals surface area contributed by atoms with Gasteiger partial charge in [0.15, 0.2) is 0 Å². The van der Waals surface area contributed by atoms with Gasteiger partial charge in [-0.3, -0.25) is 9.69 Å². The van der Waals surface area contributed by atoms with Gasteiger partial charge in [-0.2, -0.15) is 0 Å². The summed E-state index contributed by atoms with van der Waals surface area (Å²) in [6, 6.07) is 0. The number of carbonyl (C=O) groups is 1. The predicted octanol–water partition coefficient (Wildman–Crippen LogP) is 3.39. The molecule has 2 aliphatic rings. The van der Waals surface area contributed by atoms with Crippen molar-refractivity contribution in [3.63, 3.8) is 0 Å². The molecule has 1 fully saturated rings. The van der Waals surface area contributed by atoms with Gasteiger partial charge in [0.05, 0.1) is 10.1 Å². The van der Waals surface area contributed by atoms with E-state index in [1.54, 1.807) is 36.0 Å². The van der Waals surface area contributed by atoms with Crippen LogP contribution in [0.1, 0.15) is 6.92 Å². The fraction of sp³-hybridized carbons (Fsp3) is 0.273. The summed E-state index contributed by atoms with van der Waals surface area (Å²) in [5.41, 5.74) is 0. The summed E-state index contributed by atoms with van der Waals surface area (Å²) in [4.78, 5) is 16.5. The Kier molecular flexibility index (Phi) is 4.47. The van der Waals surface area contributed by atoms with E-state index in [9.17, 15) is 4.79 Å². The highest BCUT2D eigenvalue weighted by molar-refractivity contribution is 8.27. The molecular weight excluding hydrogens is 304 g/mol. The van der Waals surface area contributed by atoms with Gasteiger partial charge in [0, 0.05) is 19.0 Å². The Balaban J connectivity index is 2.33. The fourth-order valence-electron chi connectivity index (χ4n) is 1.56. The smallest absolute Gasteiger partial charge is 0.268 e. The Bertz CT molecular complexity index is 483. The van der Waals surface area contributed by atoms with Crippen LogP contribution >= 0.6 is 47.5 Å². The largest absolute Gasteiger partial charge is 0.329 e. The molecule has 2 aliphatic heterocycles. The maximum absolute atomic E-state index is 12.1. The van der Waals surface area contributed by atoms with Crippen LogP contribution in [0.4, 0.5) is 0 Å². The summed E-state index contributed by atoms with van der Waals surface area (Å²) in [7, 11) is 1.72. The van der Waals surface area contributed by atoms with Crippen LogP contribution in [0.2, 0.25) is 0 Å². The van der Waals surface area contributed by atoms with Gasteiger partial charge in [0.25, 0.3) is 5.91 Å². The van der Waals surface area contributed by atoms with Gasteiger partial charge in [0.1, 0.15) is 9.23 Å². The zero-order chi connectivity index (χ0) is 13.3. The quantitative estimate of drug-likeness (QED) is 0.584. The molecule has 96 valence electrons. The zero-order valence-corrected chi connectivity index (χ0v) is 13.3. The molecule has 1 saturated heterocycles. The summed E-state index contributed by atoms with van der Waals surface area (Å²) in [5, 5.41) is 5.92. The second-order valence-electron chi connectivity index (χ2n) is 3.47. The van der Waals surface area contributed by atoms with Crippen molar-refractivity contribution in [3.8, 4) is 0 Å². The van der Waals surface area contributed by atoms with Crippen LogP contribution in [0, 0.1) is 0 Å². The molecule has 0 spiro atoms. The molecule has 0 N–H and O–H groups in total. The molecule has 0 aliphatic carbocycles. The summed E-state index contributed by atoms with van der Waals surface area (Å²) in [6.07, 6.45) is 0. The van der Waals surface area contributed by atoms with E-state index in [-0.39, 0.29) is 5.91 Å². The fourth-order valence-corrected chi connectivity index (χ4v) is 4.81. The molecular formula is C11H12N2OS4. The monoisotopic (exact) mass is 316 g/mol. The van der Waals surface area contributed by atoms with Crippen molar-refractivity contribution in [3.05, 3.63) is 32.4 Å². The van der Waals surface area contributed by atoms with E-state index in [4.69, 9.17) is 12.2 Å². The first kappa shape index (κ1) is 14.0. The third-order valence-electron chi connectivity index (χ3n) is 2.46. The third-order valence-corrected chi connectivity index (χ3v) is 6.02. The van der Waals surface area contributed by atoms with E-state index < -0.39 is 0 Å². The topological polar surface area (TPSA) is 23.6 Å². The molecule has 7 heteroatoms. The first-order valence-corrected chi connectivity index (χ1v) is 8.24. The molecule has 2 heterocycles. The standard InChI is InChI=1S/C11H12N2OS4/c1-4-13-7(16-5-2)6-17-10(13)8-9(14)12(3)11(15)18-8/h5-6H,2,4H2,1,3H3/b10-8-. The Morgan fingerprint density at radius 3 is 2.83 bits per heavy atom. The molecule has 0 radical (unpaired) electrons. The van der Waals surface area contributed by atoms with E-state index in [2.05, 4.69) is 18.4 Å². The van der Waals surface area contributed by atoms with Crippen molar-refractivity contribution in [2.45, 2.75) is 6.92 Å². The van der Waals surface area contributed by atoms with Crippen LogP contribution in [0.25, 0.3) is 0 Å². The van der Waals surface area contributed by atoms with Gasteiger partial charge >= 0.3 is 0 Å². The minimum atomic E-state index is -0.01000. The maximum atomic E-state index is 12.1. The van der Waals surface area contributed by atoms with E-state index in [0.717, 1.165) is 21.5 Å². The minimum absolute atomic E-state index is 0.01000. The highest BCUT2D eigenvalue weighted by Crippen LogP contribution is 2.46. The van der Waals surface area contributed by atoms with Crippen LogP contribution in [-0.4, -0.2) is 33.6 Å². The van der Waals surface area contributed by atoms with Crippen LogP contribution in [0.3, 0.4) is 0 Å². The lowest BCUT2D eigenvalue weighted by molar-refractivity contribution is -0.121. The SMILES string of the molecule is C=CSC1=CS/C(=C2\SC(=S)N(C)C2=O)N1CC. The van der Waals surface area contributed by atoms with Gasteiger partial charge in [-0.25, -0.2) is 0 Å². The Morgan fingerprint density at radius 2 is 2.33 bits per heavy atom. The lowest BCUT2D eigenvalue weighted by Crippen LogP contribution is -2.24. The predicted molar refractivity (Wildman–Crippen MR) is 85.8 cm³/mol. The molecule has 0 unspecified atom stereocenters. The molecule has 2 rings (SSSR count). The molecule has 0 aromatic carbocycles. The highest BCUT2D eigenvalue weighted by Gasteiger charge is 2.35. The third kappa shape index (κ3) is 2.36. The van der Waals surface area contributed by atoms with Gasteiger partial charge in [-0.1, -0.05) is 54.1 Å². The van der Waals surface area contributed by atoms with Crippen LogP contribution in [0.5, 0.6) is 0 Å². The van der Waals surface area contributed by atoms with E-state index in [0.29, 0.717) is 4.32 Å². The molecule has 0 aromatic heterocycles. The molecule has 1 amide bonds. The van der Waals surface area contributed by atoms with Crippen molar-refractivity contribution in [1.82, 2.24) is 9.80 Å². The van der Waals surface area contributed by atoms with Crippen molar-refractivity contribution in [2.75, 3.05) is 13.6 Å². The molecule has 0 saturated carbocycles. The van der Waals surface area contributed by atoms with Crippen molar-refractivity contribution in [2.24, 2.45) is 0 Å².